The van der Waals surface area contributed by atoms with Gasteiger partial charge < -0.3 is 27.9 Å². The van der Waals surface area contributed by atoms with Crippen LogP contribution < -0.4 is 24.5 Å². The van der Waals surface area contributed by atoms with Crippen molar-refractivity contribution in [3.05, 3.63) is 76.7 Å². The molecule has 6 rings (SSSR count). The molecule has 0 spiro atoms. The second-order valence-electron chi connectivity index (χ2n) is 8.25. The number of aryl methyl sites for hydroxylation is 1. The van der Waals surface area contributed by atoms with Crippen molar-refractivity contribution in [3.8, 4) is 45.7 Å². The zero-order valence-corrected chi connectivity index (χ0v) is 19.8. The molecule has 4 heterocycles. The Bertz CT molecular complexity index is 1670. The first kappa shape index (κ1) is 21.8. The Balaban J connectivity index is 1.32. The van der Waals surface area contributed by atoms with E-state index in [1.54, 1.807) is 47.8 Å². The smallest absolute Gasteiger partial charge is 0.276 e. The number of aromatic nitrogens is 4. The highest BCUT2D eigenvalue weighted by molar-refractivity contribution is 5.69. The molecule has 0 saturated heterocycles. The third-order valence-electron chi connectivity index (χ3n) is 6.12. The van der Waals surface area contributed by atoms with Gasteiger partial charge in [0.15, 0.2) is 11.5 Å². The zero-order valence-electron chi connectivity index (χ0n) is 19.8. The van der Waals surface area contributed by atoms with Crippen molar-refractivity contribution in [2.24, 2.45) is 0 Å². The minimum Gasteiger partial charge on any atom is -0.497 e. The maximum atomic E-state index is 13.3. The van der Waals surface area contributed by atoms with Crippen LogP contribution in [0.1, 0.15) is 11.5 Å². The molecule has 10 heteroatoms. The van der Waals surface area contributed by atoms with E-state index in [1.807, 2.05) is 37.3 Å². The van der Waals surface area contributed by atoms with Gasteiger partial charge in [0.25, 0.3) is 5.56 Å². The maximum absolute atomic E-state index is 13.3. The fraction of sp³-hybridized carbons (Fsp3) is 0.192. The van der Waals surface area contributed by atoms with Gasteiger partial charge in [-0.05, 0) is 43.3 Å². The van der Waals surface area contributed by atoms with Crippen molar-refractivity contribution < 1.29 is 23.4 Å². The average molecular weight is 486 g/mol. The van der Waals surface area contributed by atoms with Gasteiger partial charge >= 0.3 is 0 Å². The molecule has 5 aromatic rings. The van der Waals surface area contributed by atoms with Crippen LogP contribution >= 0.6 is 0 Å². The topological polar surface area (TPSA) is 102 Å². The van der Waals surface area contributed by atoms with Crippen molar-refractivity contribution >= 4 is 5.52 Å². The first-order chi connectivity index (χ1) is 17.5. The Morgan fingerprint density at radius 1 is 1.00 bits per heavy atom. The van der Waals surface area contributed by atoms with E-state index in [4.69, 9.17) is 23.4 Å². The van der Waals surface area contributed by atoms with Crippen LogP contribution in [0.15, 0.2) is 64.1 Å². The van der Waals surface area contributed by atoms with Gasteiger partial charge in [-0.25, -0.2) is 9.50 Å². The lowest BCUT2D eigenvalue weighted by atomic mass is 10.1. The number of hydrogen-bond acceptors (Lipinski definition) is 8. The first-order valence-electron chi connectivity index (χ1n) is 11.2. The molecule has 0 bridgehead atoms. The molecule has 1 aliphatic heterocycles. The van der Waals surface area contributed by atoms with Crippen LogP contribution in [0.5, 0.6) is 23.0 Å². The van der Waals surface area contributed by atoms with Gasteiger partial charge in [0.2, 0.25) is 12.7 Å². The minimum atomic E-state index is -0.192. The molecule has 0 atom stereocenters. The highest BCUT2D eigenvalue weighted by Gasteiger charge is 2.19. The summed E-state index contributed by atoms with van der Waals surface area (Å²) < 4.78 is 30.7. The molecule has 1 aliphatic rings. The van der Waals surface area contributed by atoms with E-state index in [9.17, 15) is 4.79 Å². The summed E-state index contributed by atoms with van der Waals surface area (Å²) in [5, 5.41) is 4.56. The normalized spacial score (nSPS) is 12.3. The molecule has 0 amide bonds. The monoisotopic (exact) mass is 486 g/mol. The fourth-order valence-electron chi connectivity index (χ4n) is 4.17. The zero-order chi connectivity index (χ0) is 24.8. The number of rotatable bonds is 6. The molecular formula is C26H22N4O6. The molecule has 0 aliphatic carbocycles. The Labute approximate surface area is 205 Å². The molecular weight excluding hydrogens is 464 g/mol. The van der Waals surface area contributed by atoms with Gasteiger partial charge in [-0.15, -0.1) is 0 Å². The summed E-state index contributed by atoms with van der Waals surface area (Å²) in [5.41, 5.74) is 3.09. The maximum Gasteiger partial charge on any atom is 0.276 e. The number of methoxy groups -OCH3 is 2. The second-order valence-corrected chi connectivity index (χ2v) is 8.25. The highest BCUT2D eigenvalue weighted by atomic mass is 16.7. The molecule has 0 unspecified atom stereocenters. The third kappa shape index (κ3) is 3.63. The summed E-state index contributed by atoms with van der Waals surface area (Å²) in [7, 11) is 3.17. The van der Waals surface area contributed by atoms with E-state index in [0.29, 0.717) is 57.1 Å². The molecule has 0 radical (unpaired) electrons. The van der Waals surface area contributed by atoms with Crippen LogP contribution in [0.4, 0.5) is 0 Å². The standard InChI is InChI=1S/C26H22N4O6/c1-15-20(27-25(36-15)18-6-5-17(32-2)11-23(18)33-3)13-29-8-9-30-21(26(29)31)12-19(28-30)16-4-7-22-24(10-16)35-14-34-22/h4-12H,13-14H2,1-3H3. The summed E-state index contributed by atoms with van der Waals surface area (Å²) in [4.78, 5) is 17.9. The lowest BCUT2D eigenvalue weighted by molar-refractivity contribution is 0.174. The van der Waals surface area contributed by atoms with E-state index in [2.05, 4.69) is 10.1 Å². The van der Waals surface area contributed by atoms with E-state index >= 15 is 0 Å². The van der Waals surface area contributed by atoms with E-state index < -0.39 is 0 Å². The van der Waals surface area contributed by atoms with E-state index in [-0.39, 0.29) is 18.9 Å². The van der Waals surface area contributed by atoms with Crippen molar-refractivity contribution in [1.29, 1.82) is 0 Å². The predicted molar refractivity (Wildman–Crippen MR) is 130 cm³/mol. The molecule has 0 fully saturated rings. The summed E-state index contributed by atoms with van der Waals surface area (Å²) in [5.74, 6) is 3.62. The van der Waals surface area contributed by atoms with Crippen LogP contribution in [0.2, 0.25) is 0 Å². The number of fused-ring (bicyclic) bond motifs is 2. The summed E-state index contributed by atoms with van der Waals surface area (Å²) >= 11 is 0. The molecule has 36 heavy (non-hydrogen) atoms. The van der Waals surface area contributed by atoms with Gasteiger partial charge in [0.1, 0.15) is 28.5 Å². The van der Waals surface area contributed by atoms with Crippen LogP contribution in [0.25, 0.3) is 28.2 Å². The first-order valence-corrected chi connectivity index (χ1v) is 11.2. The lowest BCUT2D eigenvalue weighted by Gasteiger charge is -2.07. The largest absolute Gasteiger partial charge is 0.497 e. The molecule has 0 saturated carbocycles. The van der Waals surface area contributed by atoms with Gasteiger partial charge in [0.05, 0.1) is 32.0 Å². The fourth-order valence-corrected chi connectivity index (χ4v) is 4.17. The van der Waals surface area contributed by atoms with Crippen LogP contribution in [0.3, 0.4) is 0 Å². The van der Waals surface area contributed by atoms with Gasteiger partial charge in [-0.1, -0.05) is 0 Å². The van der Waals surface area contributed by atoms with Crippen molar-refractivity contribution in [2.45, 2.75) is 13.5 Å². The highest BCUT2D eigenvalue weighted by Crippen LogP contribution is 2.36. The molecule has 182 valence electrons. The number of hydrogen-bond donors (Lipinski definition) is 0. The Hall–Kier alpha value is -4.73. The Kier molecular flexibility index (Phi) is 5.14. The molecule has 10 nitrogen and oxygen atoms in total. The lowest BCUT2D eigenvalue weighted by Crippen LogP contribution is -2.22. The average Bonchev–Trinajstić information content (AvgIpc) is 3.63. The number of oxazole rings is 1. The van der Waals surface area contributed by atoms with E-state index in [1.165, 1.54) is 0 Å². The summed E-state index contributed by atoms with van der Waals surface area (Å²) in [6.45, 7) is 2.26. The quantitative estimate of drug-likeness (QED) is 0.356. The molecule has 0 N–H and O–H groups in total. The van der Waals surface area contributed by atoms with E-state index in [0.717, 1.165) is 5.56 Å². The Morgan fingerprint density at radius 3 is 2.69 bits per heavy atom. The van der Waals surface area contributed by atoms with Crippen molar-refractivity contribution in [2.75, 3.05) is 21.0 Å². The number of ether oxygens (including phenoxy) is 4. The van der Waals surface area contributed by atoms with Gasteiger partial charge in [-0.2, -0.15) is 5.10 Å². The van der Waals surface area contributed by atoms with Crippen molar-refractivity contribution in [1.82, 2.24) is 19.2 Å². The van der Waals surface area contributed by atoms with Gasteiger partial charge in [-0.3, -0.25) is 4.79 Å². The number of nitrogens with zero attached hydrogens (tertiary/aromatic N) is 4. The minimum absolute atomic E-state index is 0.192. The van der Waals surface area contributed by atoms with Crippen LogP contribution in [-0.2, 0) is 6.54 Å². The van der Waals surface area contributed by atoms with Crippen molar-refractivity contribution in [3.63, 3.8) is 0 Å². The number of benzene rings is 2. The second kappa shape index (κ2) is 8.49. The SMILES string of the molecule is COc1ccc(-c2nc(Cn3ccn4nc(-c5ccc6c(c5)OCO6)cc4c3=O)c(C)o2)c(OC)c1. The van der Waals surface area contributed by atoms with Crippen LogP contribution in [0, 0.1) is 6.92 Å². The Morgan fingerprint density at radius 2 is 1.86 bits per heavy atom. The van der Waals surface area contributed by atoms with Gasteiger partial charge in [0, 0.05) is 24.0 Å². The molecule has 3 aromatic heterocycles. The predicted octanol–water partition coefficient (Wildman–Crippen LogP) is 3.92. The summed E-state index contributed by atoms with van der Waals surface area (Å²) in [6, 6.07) is 12.8. The van der Waals surface area contributed by atoms with Crippen LogP contribution in [-0.4, -0.2) is 40.2 Å². The summed E-state index contributed by atoms with van der Waals surface area (Å²) in [6.07, 6.45) is 3.43. The molecule has 2 aromatic carbocycles. The third-order valence-corrected chi connectivity index (χ3v) is 6.12.